The smallest absolute Gasteiger partial charge is 0.337 e. The van der Waals surface area contributed by atoms with E-state index >= 15 is 0 Å². The Kier molecular flexibility index (Phi) is 5.34. The highest BCUT2D eigenvalue weighted by Crippen LogP contribution is 2.58. The van der Waals surface area contributed by atoms with E-state index in [0.717, 1.165) is 43.5 Å². The van der Waals surface area contributed by atoms with Gasteiger partial charge in [-0.3, -0.25) is 4.79 Å². The molecule has 0 unspecified atom stereocenters. The van der Waals surface area contributed by atoms with Crippen LogP contribution in [0.4, 0.5) is 10.1 Å². The van der Waals surface area contributed by atoms with Gasteiger partial charge < -0.3 is 15.0 Å². The highest BCUT2D eigenvalue weighted by Gasteiger charge is 2.53. The standard InChI is InChI=1S/C29H26ClFN2O3/c1-36-27(35)18-5-7-20(8-6-18)29(13-14-29)32-26(34)22-3-2-4-23-25(22)33(17-28(23)11-12-28)16-19-15-21(31)9-10-24(19)30/h2-10,15H,11-14,16-17H2,1H3,(H,32,34). The van der Waals surface area contributed by atoms with Crippen molar-refractivity contribution in [1.82, 2.24) is 5.32 Å². The number of carbonyl (C=O) groups excluding carboxylic acids is 2. The predicted molar refractivity (Wildman–Crippen MR) is 136 cm³/mol. The largest absolute Gasteiger partial charge is 0.465 e. The van der Waals surface area contributed by atoms with Crippen LogP contribution in [0, 0.1) is 5.82 Å². The van der Waals surface area contributed by atoms with Crippen molar-refractivity contribution < 1.29 is 18.7 Å². The Bertz CT molecular complexity index is 1380. The summed E-state index contributed by atoms with van der Waals surface area (Å²) >= 11 is 6.39. The number of methoxy groups -OCH3 is 1. The summed E-state index contributed by atoms with van der Waals surface area (Å²) < 4.78 is 18.8. The van der Waals surface area contributed by atoms with Crippen LogP contribution in [0.1, 0.15) is 63.1 Å². The number of para-hydroxylation sites is 1. The maximum Gasteiger partial charge on any atom is 0.337 e. The Labute approximate surface area is 214 Å². The van der Waals surface area contributed by atoms with Crippen LogP contribution >= 0.6 is 11.6 Å². The summed E-state index contributed by atoms with van der Waals surface area (Å²) in [6, 6.07) is 17.6. The van der Waals surface area contributed by atoms with Crippen molar-refractivity contribution >= 4 is 29.2 Å². The number of nitrogens with one attached hydrogen (secondary N) is 1. The van der Waals surface area contributed by atoms with E-state index in [1.54, 1.807) is 18.2 Å². The number of benzene rings is 3. The first-order chi connectivity index (χ1) is 17.3. The van der Waals surface area contributed by atoms with Crippen molar-refractivity contribution in [2.75, 3.05) is 18.6 Å². The van der Waals surface area contributed by atoms with Gasteiger partial charge >= 0.3 is 5.97 Å². The highest BCUT2D eigenvalue weighted by molar-refractivity contribution is 6.31. The Morgan fingerprint density at radius 1 is 1.06 bits per heavy atom. The number of ether oxygens (including phenoxy) is 1. The van der Waals surface area contributed by atoms with E-state index in [0.29, 0.717) is 28.3 Å². The van der Waals surface area contributed by atoms with Crippen LogP contribution in [0.15, 0.2) is 60.7 Å². The van der Waals surface area contributed by atoms with Crippen molar-refractivity contribution in [3.05, 3.63) is 99.3 Å². The molecule has 1 amide bonds. The molecule has 6 rings (SSSR count). The molecule has 0 aromatic heterocycles. The SMILES string of the molecule is COC(=O)c1ccc(C2(NC(=O)c3cccc4c3N(Cc3cc(F)ccc3Cl)CC43CC3)CC2)cc1. The molecule has 3 aromatic carbocycles. The van der Waals surface area contributed by atoms with Crippen LogP contribution in [0.25, 0.3) is 0 Å². The lowest BCUT2D eigenvalue weighted by Crippen LogP contribution is -2.36. The number of halogens is 2. The van der Waals surface area contributed by atoms with Crippen LogP contribution in [-0.4, -0.2) is 25.5 Å². The average Bonchev–Trinajstić information content (AvgIpc) is 3.81. The summed E-state index contributed by atoms with van der Waals surface area (Å²) in [7, 11) is 1.36. The number of hydrogen-bond donors (Lipinski definition) is 1. The maximum absolute atomic E-state index is 14.0. The zero-order valence-corrected chi connectivity index (χ0v) is 20.7. The molecule has 2 aliphatic carbocycles. The van der Waals surface area contributed by atoms with Crippen LogP contribution in [-0.2, 0) is 22.2 Å². The van der Waals surface area contributed by atoms with E-state index in [2.05, 4.69) is 16.3 Å². The van der Waals surface area contributed by atoms with E-state index in [-0.39, 0.29) is 23.1 Å². The van der Waals surface area contributed by atoms with Crippen LogP contribution in [0.2, 0.25) is 5.02 Å². The van der Waals surface area contributed by atoms with Gasteiger partial charge in [0.25, 0.3) is 5.91 Å². The number of esters is 1. The van der Waals surface area contributed by atoms with Gasteiger partial charge in [-0.25, -0.2) is 9.18 Å². The second-order valence-electron chi connectivity index (χ2n) is 10.2. The summed E-state index contributed by atoms with van der Waals surface area (Å²) in [5.74, 6) is -0.841. The first-order valence-electron chi connectivity index (χ1n) is 12.2. The van der Waals surface area contributed by atoms with E-state index < -0.39 is 5.54 Å². The molecule has 2 fully saturated rings. The van der Waals surface area contributed by atoms with Crippen molar-refractivity contribution in [2.24, 2.45) is 0 Å². The van der Waals surface area contributed by atoms with Gasteiger partial charge in [-0.05, 0) is 78.8 Å². The van der Waals surface area contributed by atoms with Crippen molar-refractivity contribution in [3.8, 4) is 0 Å². The molecule has 2 saturated carbocycles. The van der Waals surface area contributed by atoms with E-state index in [1.165, 1.54) is 24.8 Å². The topological polar surface area (TPSA) is 58.6 Å². The van der Waals surface area contributed by atoms with Crippen LogP contribution in [0.5, 0.6) is 0 Å². The van der Waals surface area contributed by atoms with Gasteiger partial charge in [0.15, 0.2) is 0 Å². The lowest BCUT2D eigenvalue weighted by molar-refractivity contribution is 0.0600. The zero-order chi connectivity index (χ0) is 25.1. The number of hydrogen-bond acceptors (Lipinski definition) is 4. The molecule has 0 atom stereocenters. The monoisotopic (exact) mass is 504 g/mol. The lowest BCUT2D eigenvalue weighted by atomic mass is 9.96. The third-order valence-corrected chi connectivity index (χ3v) is 8.21. The van der Waals surface area contributed by atoms with Crippen molar-refractivity contribution in [3.63, 3.8) is 0 Å². The number of amides is 1. The summed E-state index contributed by atoms with van der Waals surface area (Å²) in [6.07, 6.45) is 3.82. The molecule has 5 nitrogen and oxygen atoms in total. The van der Waals surface area contributed by atoms with E-state index in [1.807, 2.05) is 24.3 Å². The Morgan fingerprint density at radius 2 is 1.81 bits per heavy atom. The molecule has 0 saturated heterocycles. The first-order valence-corrected chi connectivity index (χ1v) is 12.6. The molecule has 184 valence electrons. The molecule has 0 radical (unpaired) electrons. The van der Waals surface area contributed by atoms with Gasteiger partial charge in [-0.1, -0.05) is 35.9 Å². The second-order valence-corrected chi connectivity index (χ2v) is 10.6. The van der Waals surface area contributed by atoms with Crippen LogP contribution in [0.3, 0.4) is 0 Å². The highest BCUT2D eigenvalue weighted by atomic mass is 35.5. The number of rotatable bonds is 6. The summed E-state index contributed by atoms with van der Waals surface area (Å²) in [5.41, 5.74) is 4.51. The number of nitrogens with zero attached hydrogens (tertiary/aromatic N) is 1. The second kappa shape index (κ2) is 8.34. The Balaban J connectivity index is 1.30. The minimum atomic E-state index is -0.443. The molecule has 3 aliphatic rings. The van der Waals surface area contributed by atoms with Gasteiger partial charge in [-0.2, -0.15) is 0 Å². The van der Waals surface area contributed by atoms with Gasteiger partial charge in [-0.15, -0.1) is 0 Å². The maximum atomic E-state index is 14.0. The lowest BCUT2D eigenvalue weighted by Gasteiger charge is -2.24. The third-order valence-electron chi connectivity index (χ3n) is 7.85. The van der Waals surface area contributed by atoms with Crippen LogP contribution < -0.4 is 10.2 Å². The number of carbonyl (C=O) groups is 2. The molecule has 1 aliphatic heterocycles. The molecule has 1 heterocycles. The molecule has 7 heteroatoms. The third kappa shape index (κ3) is 3.84. The fourth-order valence-electron chi connectivity index (χ4n) is 5.55. The normalized spacial score (nSPS) is 18.0. The molecule has 1 spiro atoms. The van der Waals surface area contributed by atoms with Gasteiger partial charge in [0.2, 0.25) is 0 Å². The zero-order valence-electron chi connectivity index (χ0n) is 19.9. The Morgan fingerprint density at radius 3 is 2.47 bits per heavy atom. The average molecular weight is 505 g/mol. The minimum absolute atomic E-state index is 0.0619. The molecule has 0 bridgehead atoms. The quantitative estimate of drug-likeness (QED) is 0.435. The van der Waals surface area contributed by atoms with Gasteiger partial charge in [0.05, 0.1) is 29.5 Å². The van der Waals surface area contributed by atoms with Gasteiger partial charge in [0.1, 0.15) is 5.82 Å². The summed E-state index contributed by atoms with van der Waals surface area (Å²) in [6.45, 7) is 1.23. The number of fused-ring (bicyclic) bond motifs is 2. The van der Waals surface area contributed by atoms with E-state index in [4.69, 9.17) is 16.3 Å². The van der Waals surface area contributed by atoms with Crippen molar-refractivity contribution in [1.29, 1.82) is 0 Å². The van der Waals surface area contributed by atoms with Crippen molar-refractivity contribution in [2.45, 2.75) is 43.2 Å². The molecular formula is C29H26ClFN2O3. The first kappa shape index (κ1) is 23.0. The summed E-state index contributed by atoms with van der Waals surface area (Å²) in [4.78, 5) is 27.7. The Hall–Kier alpha value is -3.38. The molecular weight excluding hydrogens is 479 g/mol. The predicted octanol–water partition coefficient (Wildman–Crippen LogP) is 5.74. The summed E-state index contributed by atoms with van der Waals surface area (Å²) in [5, 5.41) is 3.79. The molecule has 3 aromatic rings. The fourth-order valence-corrected chi connectivity index (χ4v) is 5.72. The molecule has 36 heavy (non-hydrogen) atoms. The minimum Gasteiger partial charge on any atom is -0.465 e. The molecule has 1 N–H and O–H groups in total. The van der Waals surface area contributed by atoms with E-state index in [9.17, 15) is 14.0 Å². The fraction of sp³-hybridized carbons (Fsp3) is 0.310. The number of anilines is 1. The van der Waals surface area contributed by atoms with Gasteiger partial charge in [0, 0.05) is 23.5 Å².